The van der Waals surface area contributed by atoms with Gasteiger partial charge in [-0.2, -0.15) is 0 Å². The monoisotopic (exact) mass is 519 g/mol. The minimum Gasteiger partial charge on any atom is -0.326 e. The molecule has 5 rings (SSSR count). The van der Waals surface area contributed by atoms with Crippen molar-refractivity contribution in [3.8, 4) is 0 Å². The maximum atomic E-state index is 13.7. The zero-order valence-electron chi connectivity index (χ0n) is 22.7. The topological polar surface area (TPSA) is 29.1 Å². The number of carbonyl (C=O) groups is 1. The maximum Gasteiger partial charge on any atom is 0.286 e. The van der Waals surface area contributed by atoms with Gasteiger partial charge in [0.1, 0.15) is 17.3 Å². The van der Waals surface area contributed by atoms with Crippen LogP contribution in [0.3, 0.4) is 0 Å². The molecule has 3 aromatic rings. The van der Waals surface area contributed by atoms with Crippen molar-refractivity contribution in [1.82, 2.24) is 9.80 Å². The van der Waals surface area contributed by atoms with Gasteiger partial charge < -0.3 is 9.80 Å². The second kappa shape index (κ2) is 9.90. The number of quaternary nitrogens is 2. The first-order valence-electron chi connectivity index (χ1n) is 13.7. The molecule has 200 valence electrons. The van der Waals surface area contributed by atoms with Gasteiger partial charge in [-0.15, -0.1) is 0 Å². The minimum absolute atomic E-state index is 0.176. The van der Waals surface area contributed by atoms with E-state index in [9.17, 15) is 13.6 Å². The first-order chi connectivity index (χ1) is 18.1. The standard InChI is InChI=1S/C32H38F2N3O/c1-31(25-10-14-27(33)15-11-25,26-12-16-28(34)17-13-26)18-7-21-36(2)22-19-32(20-23-36)30(38)35-24-37(32,3)29-8-5-4-6-9-29/h4-6,8-17H,7,18-24H2,1-3H3/q+1/p+1. The van der Waals surface area contributed by atoms with Crippen LogP contribution in [0.2, 0.25) is 0 Å². The molecule has 2 fully saturated rings. The van der Waals surface area contributed by atoms with E-state index in [1.54, 1.807) is 0 Å². The third kappa shape index (κ3) is 4.54. The molecule has 1 spiro atoms. The van der Waals surface area contributed by atoms with Crippen LogP contribution in [0.1, 0.15) is 43.7 Å². The molecular formula is C32H39F2N3O+2. The smallest absolute Gasteiger partial charge is 0.286 e. The molecule has 0 aromatic heterocycles. The number of carbonyl (C=O) groups excluding carboxylic acids is 1. The van der Waals surface area contributed by atoms with Crippen molar-refractivity contribution in [2.75, 3.05) is 40.4 Å². The SMILES string of the molecule is CC(CCC[N+]1(C)CCC2(CC1)C(=O)NC[N+]2(C)c1ccccc1)(c1ccc(F)cc1)c1ccc(F)cc1. The molecule has 3 aromatic carbocycles. The zero-order valence-corrected chi connectivity index (χ0v) is 22.7. The van der Waals surface area contributed by atoms with Crippen molar-refractivity contribution in [2.24, 2.45) is 0 Å². The zero-order chi connectivity index (χ0) is 27.0. The fourth-order valence-electron chi connectivity index (χ4n) is 6.86. The Morgan fingerprint density at radius 2 is 1.37 bits per heavy atom. The number of halogens is 2. The molecule has 1 amide bonds. The summed E-state index contributed by atoms with van der Waals surface area (Å²) in [6.45, 7) is 5.67. The fraction of sp³-hybridized carbons (Fsp3) is 0.406. The van der Waals surface area contributed by atoms with Gasteiger partial charge in [0.2, 0.25) is 0 Å². The average molecular weight is 520 g/mol. The Bertz CT molecular complexity index is 1220. The van der Waals surface area contributed by atoms with Gasteiger partial charge in [0.25, 0.3) is 5.91 Å². The molecule has 1 unspecified atom stereocenters. The van der Waals surface area contributed by atoms with Gasteiger partial charge in [0, 0.05) is 5.41 Å². The summed E-state index contributed by atoms with van der Waals surface area (Å²) in [6, 6.07) is 23.8. The van der Waals surface area contributed by atoms with Crippen LogP contribution >= 0.6 is 0 Å². The van der Waals surface area contributed by atoms with Crippen LogP contribution in [-0.2, 0) is 10.2 Å². The third-order valence-electron chi connectivity index (χ3n) is 9.72. The normalized spacial score (nSPS) is 27.4. The van der Waals surface area contributed by atoms with Crippen molar-refractivity contribution < 1.29 is 18.1 Å². The fourth-order valence-corrected chi connectivity index (χ4v) is 6.86. The molecule has 38 heavy (non-hydrogen) atoms. The number of hydrogen-bond donors (Lipinski definition) is 1. The Hall–Kier alpha value is -3.09. The van der Waals surface area contributed by atoms with Crippen LogP contribution in [0, 0.1) is 11.6 Å². The summed E-state index contributed by atoms with van der Waals surface area (Å²) in [6.07, 6.45) is 3.51. The van der Waals surface area contributed by atoms with E-state index in [1.165, 1.54) is 30.0 Å². The Labute approximate surface area is 225 Å². The number of piperidine rings is 1. The van der Waals surface area contributed by atoms with Crippen molar-refractivity contribution in [3.63, 3.8) is 0 Å². The number of likely N-dealkylation sites (tertiary alicyclic amines) is 1. The van der Waals surface area contributed by atoms with Crippen LogP contribution < -0.4 is 9.80 Å². The van der Waals surface area contributed by atoms with Crippen LogP contribution in [-0.4, -0.2) is 56.3 Å². The number of likely N-dealkylation sites (N-methyl/N-ethyl adjacent to an activating group) is 1. The number of nitrogens with one attached hydrogen (secondary N) is 1. The highest BCUT2D eigenvalue weighted by Gasteiger charge is 2.63. The summed E-state index contributed by atoms with van der Waals surface area (Å²) in [7, 11) is 4.50. The number of para-hydroxylation sites is 1. The minimum atomic E-state index is -0.435. The van der Waals surface area contributed by atoms with E-state index in [2.05, 4.69) is 50.6 Å². The lowest BCUT2D eigenvalue weighted by atomic mass is 9.73. The summed E-state index contributed by atoms with van der Waals surface area (Å²) in [5.41, 5.74) is 2.45. The number of amides is 1. The third-order valence-corrected chi connectivity index (χ3v) is 9.72. The van der Waals surface area contributed by atoms with E-state index < -0.39 is 5.54 Å². The first kappa shape index (κ1) is 26.5. The van der Waals surface area contributed by atoms with Crippen molar-refractivity contribution >= 4 is 11.6 Å². The molecule has 1 N–H and O–H groups in total. The quantitative estimate of drug-likeness (QED) is 0.396. The highest BCUT2D eigenvalue weighted by molar-refractivity contribution is 5.91. The van der Waals surface area contributed by atoms with E-state index in [1.807, 2.05) is 30.3 Å². The predicted octanol–water partition coefficient (Wildman–Crippen LogP) is 5.75. The van der Waals surface area contributed by atoms with Crippen LogP contribution in [0.5, 0.6) is 0 Å². The highest BCUT2D eigenvalue weighted by atomic mass is 19.1. The van der Waals surface area contributed by atoms with E-state index in [-0.39, 0.29) is 23.0 Å². The van der Waals surface area contributed by atoms with E-state index in [0.29, 0.717) is 11.2 Å². The highest BCUT2D eigenvalue weighted by Crippen LogP contribution is 2.43. The summed E-state index contributed by atoms with van der Waals surface area (Å²) in [4.78, 5) is 13.3. The lowest BCUT2D eigenvalue weighted by Crippen LogP contribution is -2.68. The summed E-state index contributed by atoms with van der Waals surface area (Å²) < 4.78 is 29.0. The van der Waals surface area contributed by atoms with Crippen molar-refractivity contribution in [3.05, 3.63) is 102 Å². The molecule has 2 aliphatic rings. The van der Waals surface area contributed by atoms with Gasteiger partial charge in [-0.1, -0.05) is 49.4 Å². The van der Waals surface area contributed by atoms with Gasteiger partial charge >= 0.3 is 0 Å². The van der Waals surface area contributed by atoms with E-state index >= 15 is 0 Å². The lowest BCUT2D eigenvalue weighted by molar-refractivity contribution is -0.915. The lowest BCUT2D eigenvalue weighted by Gasteiger charge is -2.49. The van der Waals surface area contributed by atoms with Gasteiger partial charge in [0.05, 0.1) is 46.6 Å². The Morgan fingerprint density at radius 3 is 1.89 bits per heavy atom. The molecule has 0 bridgehead atoms. The molecule has 0 aliphatic carbocycles. The van der Waals surface area contributed by atoms with Gasteiger partial charge in [-0.3, -0.25) is 9.28 Å². The molecule has 0 radical (unpaired) electrons. The molecule has 2 aliphatic heterocycles. The van der Waals surface area contributed by atoms with Gasteiger partial charge in [0.15, 0.2) is 12.2 Å². The second-order valence-corrected chi connectivity index (χ2v) is 12.0. The number of benzene rings is 3. The van der Waals surface area contributed by atoms with Crippen LogP contribution in [0.25, 0.3) is 0 Å². The maximum absolute atomic E-state index is 13.7. The van der Waals surface area contributed by atoms with Gasteiger partial charge in [-0.25, -0.2) is 8.78 Å². The summed E-state index contributed by atoms with van der Waals surface area (Å²) >= 11 is 0. The van der Waals surface area contributed by atoms with Gasteiger partial charge in [-0.05, 0) is 60.4 Å². The summed E-state index contributed by atoms with van der Waals surface area (Å²) in [5.74, 6) is -0.338. The number of nitrogens with zero attached hydrogens (tertiary/aromatic N) is 2. The molecule has 1 atom stereocenters. The molecule has 0 saturated carbocycles. The number of rotatable bonds is 7. The van der Waals surface area contributed by atoms with Crippen LogP contribution in [0.15, 0.2) is 78.9 Å². The van der Waals surface area contributed by atoms with Crippen LogP contribution in [0.4, 0.5) is 14.5 Å². The Morgan fingerprint density at radius 1 is 0.842 bits per heavy atom. The molecule has 6 heteroatoms. The second-order valence-electron chi connectivity index (χ2n) is 12.0. The van der Waals surface area contributed by atoms with Crippen molar-refractivity contribution in [1.29, 1.82) is 0 Å². The first-order valence-corrected chi connectivity index (χ1v) is 13.7. The Balaban J connectivity index is 1.31. The molecule has 2 saturated heterocycles. The number of hydrogen-bond acceptors (Lipinski definition) is 1. The van der Waals surface area contributed by atoms with E-state index in [4.69, 9.17) is 0 Å². The Kier molecular flexibility index (Phi) is 6.91. The predicted molar refractivity (Wildman–Crippen MR) is 148 cm³/mol. The average Bonchev–Trinajstić information content (AvgIpc) is 3.17. The largest absolute Gasteiger partial charge is 0.326 e. The molecule has 2 heterocycles. The molecular weight excluding hydrogens is 480 g/mol. The van der Waals surface area contributed by atoms with E-state index in [0.717, 1.165) is 60.9 Å². The van der Waals surface area contributed by atoms with Crippen molar-refractivity contribution in [2.45, 2.75) is 43.6 Å². The summed E-state index contributed by atoms with van der Waals surface area (Å²) in [5, 5.41) is 3.18. The molecule has 4 nitrogen and oxygen atoms in total.